The van der Waals surface area contributed by atoms with Crippen LogP contribution in [0.3, 0.4) is 0 Å². The molecule has 0 aliphatic carbocycles. The van der Waals surface area contributed by atoms with Crippen molar-refractivity contribution >= 4 is 5.65 Å². The van der Waals surface area contributed by atoms with Crippen molar-refractivity contribution in [3.05, 3.63) is 24.2 Å². The van der Waals surface area contributed by atoms with Crippen molar-refractivity contribution < 1.29 is 4.74 Å². The molecule has 1 aliphatic heterocycles. The lowest BCUT2D eigenvalue weighted by Crippen LogP contribution is -2.10. The zero-order valence-electron chi connectivity index (χ0n) is 9.18. The molecule has 1 fully saturated rings. The van der Waals surface area contributed by atoms with Gasteiger partial charge in [0.25, 0.3) is 0 Å². The van der Waals surface area contributed by atoms with E-state index in [-0.39, 0.29) is 0 Å². The molecule has 16 heavy (non-hydrogen) atoms. The predicted octanol–water partition coefficient (Wildman–Crippen LogP) is 0.815. The first-order valence-electron chi connectivity index (χ1n) is 5.48. The van der Waals surface area contributed by atoms with Gasteiger partial charge in [0.1, 0.15) is 5.82 Å². The Labute approximate surface area is 93.4 Å². The molecule has 5 heteroatoms. The molecule has 1 N–H and O–H groups in total. The molecular weight excluding hydrogens is 204 g/mol. The van der Waals surface area contributed by atoms with Crippen molar-refractivity contribution in [1.29, 1.82) is 0 Å². The summed E-state index contributed by atoms with van der Waals surface area (Å²) in [7, 11) is 1.65. The number of rotatable bonds is 2. The Morgan fingerprint density at radius 3 is 3.19 bits per heavy atom. The van der Waals surface area contributed by atoms with Crippen LogP contribution < -0.4 is 10.1 Å². The van der Waals surface area contributed by atoms with E-state index >= 15 is 0 Å². The number of hydrogen-bond donors (Lipinski definition) is 1. The highest BCUT2D eigenvalue weighted by atomic mass is 16.5. The molecule has 2 aromatic rings. The first kappa shape index (κ1) is 9.59. The molecule has 3 rings (SSSR count). The molecule has 1 unspecified atom stereocenters. The van der Waals surface area contributed by atoms with E-state index in [2.05, 4.69) is 15.5 Å². The van der Waals surface area contributed by atoms with Gasteiger partial charge in [-0.2, -0.15) is 0 Å². The van der Waals surface area contributed by atoms with Crippen LogP contribution in [0.15, 0.2) is 18.3 Å². The highest BCUT2D eigenvalue weighted by Gasteiger charge is 2.22. The van der Waals surface area contributed by atoms with Crippen LogP contribution in [0, 0.1) is 0 Å². The van der Waals surface area contributed by atoms with Gasteiger partial charge in [-0.25, -0.2) is 0 Å². The number of ether oxygens (including phenoxy) is 1. The van der Waals surface area contributed by atoms with Crippen molar-refractivity contribution in [2.75, 3.05) is 20.2 Å². The second kappa shape index (κ2) is 3.75. The molecule has 0 aromatic carbocycles. The van der Waals surface area contributed by atoms with Gasteiger partial charge in [-0.05, 0) is 25.1 Å². The molecule has 0 amide bonds. The molecule has 5 nitrogen and oxygen atoms in total. The maximum atomic E-state index is 5.26. The average Bonchev–Trinajstić information content (AvgIpc) is 2.96. The lowest BCUT2D eigenvalue weighted by atomic mass is 10.1. The number of pyridine rings is 1. The van der Waals surface area contributed by atoms with Crippen LogP contribution in [0.4, 0.5) is 0 Å². The fraction of sp³-hybridized carbons (Fsp3) is 0.455. The molecule has 2 aromatic heterocycles. The summed E-state index contributed by atoms with van der Waals surface area (Å²) in [4.78, 5) is 0. The molecular formula is C11H14N4O. The van der Waals surface area contributed by atoms with Gasteiger partial charge in [0.15, 0.2) is 5.75 Å². The minimum Gasteiger partial charge on any atom is -0.493 e. The normalized spacial score (nSPS) is 20.4. The largest absolute Gasteiger partial charge is 0.493 e. The van der Waals surface area contributed by atoms with Gasteiger partial charge in [-0.1, -0.05) is 0 Å². The van der Waals surface area contributed by atoms with Crippen LogP contribution in [0.25, 0.3) is 5.65 Å². The molecule has 3 heterocycles. The number of methoxy groups -OCH3 is 1. The zero-order valence-corrected chi connectivity index (χ0v) is 9.18. The zero-order chi connectivity index (χ0) is 11.0. The first-order valence-corrected chi connectivity index (χ1v) is 5.48. The third kappa shape index (κ3) is 1.36. The number of nitrogens with one attached hydrogen (secondary N) is 1. The summed E-state index contributed by atoms with van der Waals surface area (Å²) in [6.45, 7) is 2.04. The minimum atomic E-state index is 0.460. The Hall–Kier alpha value is -1.62. The Bertz CT molecular complexity index is 502. The summed E-state index contributed by atoms with van der Waals surface area (Å²) < 4.78 is 7.29. The SMILES string of the molecule is COc1cccn2c(C3CCNC3)nnc12. The number of fused-ring (bicyclic) bond motifs is 1. The number of hydrogen-bond acceptors (Lipinski definition) is 4. The van der Waals surface area contributed by atoms with Crippen LogP contribution in [-0.2, 0) is 0 Å². The van der Waals surface area contributed by atoms with Crippen LogP contribution in [-0.4, -0.2) is 34.8 Å². The molecule has 0 radical (unpaired) electrons. The standard InChI is InChI=1S/C11H14N4O/c1-16-9-3-2-6-15-10(13-14-11(9)15)8-4-5-12-7-8/h2-3,6,8,12H,4-5,7H2,1H3. The second-order valence-corrected chi connectivity index (χ2v) is 4.02. The summed E-state index contributed by atoms with van der Waals surface area (Å²) in [5, 5.41) is 11.8. The maximum Gasteiger partial charge on any atom is 0.203 e. The van der Waals surface area contributed by atoms with Gasteiger partial charge in [0.05, 0.1) is 7.11 Å². The summed E-state index contributed by atoms with van der Waals surface area (Å²) in [6.07, 6.45) is 3.11. The van der Waals surface area contributed by atoms with E-state index in [1.807, 2.05) is 22.7 Å². The summed E-state index contributed by atoms with van der Waals surface area (Å²) in [5.74, 6) is 2.26. The van der Waals surface area contributed by atoms with Crippen molar-refractivity contribution in [3.8, 4) is 5.75 Å². The monoisotopic (exact) mass is 218 g/mol. The van der Waals surface area contributed by atoms with E-state index < -0.39 is 0 Å². The lowest BCUT2D eigenvalue weighted by molar-refractivity contribution is 0.416. The Morgan fingerprint density at radius 2 is 2.44 bits per heavy atom. The Balaban J connectivity index is 2.12. The van der Waals surface area contributed by atoms with Gasteiger partial charge in [-0.15, -0.1) is 10.2 Å². The third-order valence-corrected chi connectivity index (χ3v) is 3.07. The maximum absolute atomic E-state index is 5.26. The highest BCUT2D eigenvalue weighted by Crippen LogP contribution is 2.24. The molecule has 0 bridgehead atoms. The molecule has 0 spiro atoms. The van der Waals surface area contributed by atoms with Crippen LogP contribution in [0.2, 0.25) is 0 Å². The summed E-state index contributed by atoms with van der Waals surface area (Å²) >= 11 is 0. The van der Waals surface area contributed by atoms with Gasteiger partial charge in [0, 0.05) is 18.7 Å². The van der Waals surface area contributed by atoms with Crippen molar-refractivity contribution in [3.63, 3.8) is 0 Å². The van der Waals surface area contributed by atoms with E-state index in [1.54, 1.807) is 7.11 Å². The molecule has 0 saturated carbocycles. The van der Waals surface area contributed by atoms with Crippen molar-refractivity contribution in [1.82, 2.24) is 19.9 Å². The molecule has 84 valence electrons. The first-order chi connectivity index (χ1) is 7.90. The smallest absolute Gasteiger partial charge is 0.203 e. The van der Waals surface area contributed by atoms with Gasteiger partial charge < -0.3 is 10.1 Å². The fourth-order valence-corrected chi connectivity index (χ4v) is 2.22. The Kier molecular flexibility index (Phi) is 2.25. The topological polar surface area (TPSA) is 51.5 Å². The molecule has 1 atom stereocenters. The number of nitrogens with zero attached hydrogens (tertiary/aromatic N) is 3. The summed E-state index contributed by atoms with van der Waals surface area (Å²) in [6, 6.07) is 3.86. The van der Waals surface area contributed by atoms with E-state index in [1.165, 1.54) is 0 Å². The van der Waals surface area contributed by atoms with Gasteiger partial charge >= 0.3 is 0 Å². The van der Waals surface area contributed by atoms with Crippen molar-refractivity contribution in [2.45, 2.75) is 12.3 Å². The highest BCUT2D eigenvalue weighted by molar-refractivity contribution is 5.53. The van der Waals surface area contributed by atoms with Crippen molar-refractivity contribution in [2.24, 2.45) is 0 Å². The van der Waals surface area contributed by atoms with Crippen LogP contribution >= 0.6 is 0 Å². The fourth-order valence-electron chi connectivity index (χ4n) is 2.22. The van der Waals surface area contributed by atoms with Crippen LogP contribution in [0.5, 0.6) is 5.75 Å². The van der Waals surface area contributed by atoms with E-state index in [0.29, 0.717) is 5.92 Å². The average molecular weight is 218 g/mol. The van der Waals surface area contributed by atoms with Crippen LogP contribution in [0.1, 0.15) is 18.2 Å². The Morgan fingerprint density at radius 1 is 1.50 bits per heavy atom. The molecule has 1 aliphatic rings. The van der Waals surface area contributed by atoms with E-state index in [9.17, 15) is 0 Å². The predicted molar refractivity (Wildman–Crippen MR) is 59.8 cm³/mol. The van der Waals surface area contributed by atoms with E-state index in [0.717, 1.165) is 36.7 Å². The third-order valence-electron chi connectivity index (χ3n) is 3.07. The second-order valence-electron chi connectivity index (χ2n) is 4.02. The van der Waals surface area contributed by atoms with Gasteiger partial charge in [-0.3, -0.25) is 4.40 Å². The van der Waals surface area contributed by atoms with E-state index in [4.69, 9.17) is 4.74 Å². The van der Waals surface area contributed by atoms with Gasteiger partial charge in [0.2, 0.25) is 5.65 Å². The lowest BCUT2D eigenvalue weighted by Gasteiger charge is -2.06. The number of aromatic nitrogens is 3. The summed E-state index contributed by atoms with van der Waals surface area (Å²) in [5.41, 5.74) is 0.798. The quantitative estimate of drug-likeness (QED) is 0.810. The molecule has 1 saturated heterocycles. The minimum absolute atomic E-state index is 0.460.